The van der Waals surface area contributed by atoms with Gasteiger partial charge in [-0.1, -0.05) is 129 Å². The van der Waals surface area contributed by atoms with Gasteiger partial charge in [-0.15, -0.1) is 0 Å². The summed E-state index contributed by atoms with van der Waals surface area (Å²) in [7, 11) is 0. The first-order valence-corrected chi connectivity index (χ1v) is 21.8. The molecule has 266 valence electrons. The SMILES string of the molecule is CCCCCCCCC1=C(c2cccc(CCCCCC)c2)[N+](=[N-])C(c2cccc(CCCCCC)c2)=C1CCCC.C[CH2][Pd][CH2]C. The zero-order valence-corrected chi connectivity index (χ0v) is 32.9. The summed E-state index contributed by atoms with van der Waals surface area (Å²) in [4.78, 5) is 2.79. The van der Waals surface area contributed by atoms with Crippen LogP contribution in [0.15, 0.2) is 59.7 Å². The van der Waals surface area contributed by atoms with Crippen LogP contribution in [0.1, 0.15) is 179 Å². The Morgan fingerprint density at radius 3 is 1.28 bits per heavy atom. The standard InChI is InChI=1S/C40H60N2.2C2H5.Pd/c1-5-9-13-16-17-20-30-38-37(29-12-8-4)39(35-27-21-25-33(31-35)23-18-14-10-6-2)42(41)40(38)36-28-22-26-34(32-36)24-19-15-11-7-3;2*1-2;/h21-22,25-28,31-32H,5-20,23-24,29-30H2,1-4H3;2*1H2,2H3;. The topological polar surface area (TPSA) is 25.3 Å². The van der Waals surface area contributed by atoms with E-state index in [0.29, 0.717) is 0 Å². The van der Waals surface area contributed by atoms with Crippen LogP contribution in [0.2, 0.25) is 9.79 Å². The number of rotatable bonds is 24. The van der Waals surface area contributed by atoms with Gasteiger partial charge in [-0.05, 0) is 86.8 Å². The Balaban J connectivity index is 0.00000142. The third-order valence-electron chi connectivity index (χ3n) is 9.28. The van der Waals surface area contributed by atoms with Crippen molar-refractivity contribution < 1.29 is 22.7 Å². The second-order valence-corrected chi connectivity index (χ2v) is 16.2. The molecule has 3 heteroatoms. The molecule has 1 aliphatic heterocycles. The zero-order chi connectivity index (χ0) is 34.1. The minimum absolute atomic E-state index is 1.02. The van der Waals surface area contributed by atoms with Crippen molar-refractivity contribution in [3.63, 3.8) is 0 Å². The molecule has 0 amide bonds. The van der Waals surface area contributed by atoms with E-state index in [-0.39, 0.29) is 0 Å². The molecule has 1 heterocycles. The van der Waals surface area contributed by atoms with Crippen molar-refractivity contribution in [2.75, 3.05) is 0 Å². The van der Waals surface area contributed by atoms with Gasteiger partial charge in [0.25, 0.3) is 0 Å². The molecule has 47 heavy (non-hydrogen) atoms. The van der Waals surface area contributed by atoms with E-state index in [1.807, 2.05) is 0 Å². The molecule has 2 nitrogen and oxygen atoms in total. The molecule has 0 saturated carbocycles. The van der Waals surface area contributed by atoms with Crippen LogP contribution < -0.4 is 0 Å². The van der Waals surface area contributed by atoms with Crippen molar-refractivity contribution >= 4 is 11.4 Å². The van der Waals surface area contributed by atoms with Gasteiger partial charge in [0.05, 0.1) is 0 Å². The molecule has 0 aromatic heterocycles. The monoisotopic (exact) mass is 732 g/mol. The molecule has 0 unspecified atom stereocenters. The molecule has 0 atom stereocenters. The Labute approximate surface area is 300 Å². The number of benzene rings is 2. The van der Waals surface area contributed by atoms with Crippen LogP contribution in [0.3, 0.4) is 0 Å². The van der Waals surface area contributed by atoms with Gasteiger partial charge >= 0.3 is 41.6 Å². The molecule has 0 fully saturated rings. The third-order valence-corrected chi connectivity index (χ3v) is 10.8. The Morgan fingerprint density at radius 2 is 0.851 bits per heavy atom. The first kappa shape index (κ1) is 41.4. The Kier molecular flexibility index (Phi) is 23.0. The summed E-state index contributed by atoms with van der Waals surface area (Å²) < 4.78 is 1.59. The van der Waals surface area contributed by atoms with Crippen LogP contribution in [0.25, 0.3) is 16.9 Å². The predicted molar refractivity (Wildman–Crippen MR) is 205 cm³/mol. The fourth-order valence-electron chi connectivity index (χ4n) is 6.64. The van der Waals surface area contributed by atoms with Crippen molar-refractivity contribution in [3.05, 3.63) is 87.5 Å². The first-order chi connectivity index (χ1) is 23.1. The summed E-state index contributed by atoms with van der Waals surface area (Å²) in [6, 6.07) is 18.1. The van der Waals surface area contributed by atoms with E-state index < -0.39 is 0 Å². The Hall–Kier alpha value is -1.82. The quantitative estimate of drug-likeness (QED) is 0.0583. The van der Waals surface area contributed by atoms with Gasteiger partial charge in [-0.25, -0.2) is 4.70 Å². The summed E-state index contributed by atoms with van der Waals surface area (Å²) in [5.41, 5.74) is 22.0. The van der Waals surface area contributed by atoms with E-state index in [1.165, 1.54) is 133 Å². The van der Waals surface area contributed by atoms with Crippen molar-refractivity contribution in [1.29, 1.82) is 0 Å². The maximum absolute atomic E-state index is 12.1. The van der Waals surface area contributed by atoms with E-state index >= 15 is 0 Å². The Bertz CT molecular complexity index is 1200. The fraction of sp³-hybridized carbons (Fsp3) is 0.636. The fourth-order valence-corrected chi connectivity index (χ4v) is 7.42. The summed E-state index contributed by atoms with van der Waals surface area (Å²) in [5.74, 6) is 0. The van der Waals surface area contributed by atoms with Crippen molar-refractivity contribution in [1.82, 2.24) is 0 Å². The summed E-state index contributed by atoms with van der Waals surface area (Å²) in [6.45, 7) is 13.6. The van der Waals surface area contributed by atoms with Gasteiger partial charge in [0.2, 0.25) is 11.4 Å². The number of aryl methyl sites for hydroxylation is 2. The van der Waals surface area contributed by atoms with E-state index in [0.717, 1.165) is 67.9 Å². The number of nitrogens with zero attached hydrogens (tertiary/aromatic N) is 2. The first-order valence-electron chi connectivity index (χ1n) is 19.6. The summed E-state index contributed by atoms with van der Waals surface area (Å²) in [5, 5.41) is 0. The molecule has 0 spiro atoms. The number of unbranched alkanes of at least 4 members (excludes halogenated alkanes) is 12. The van der Waals surface area contributed by atoms with Gasteiger partial charge < -0.3 is 5.53 Å². The molecule has 0 aliphatic carbocycles. The third kappa shape index (κ3) is 15.1. The molecule has 0 bridgehead atoms. The van der Waals surface area contributed by atoms with E-state index in [9.17, 15) is 5.53 Å². The molecular weight excluding hydrogens is 663 g/mol. The average molecular weight is 733 g/mol. The van der Waals surface area contributed by atoms with Gasteiger partial charge in [0.15, 0.2) is 0 Å². The van der Waals surface area contributed by atoms with E-state index in [2.05, 4.69) is 90.1 Å². The van der Waals surface area contributed by atoms with Gasteiger partial charge in [-0.2, -0.15) is 0 Å². The van der Waals surface area contributed by atoms with Gasteiger partial charge in [0.1, 0.15) is 0 Å². The predicted octanol–water partition coefficient (Wildman–Crippen LogP) is 15.0. The van der Waals surface area contributed by atoms with Gasteiger partial charge in [-0.3, -0.25) is 0 Å². The van der Waals surface area contributed by atoms with Crippen molar-refractivity contribution in [3.8, 4) is 0 Å². The number of hydrogen-bond donors (Lipinski definition) is 0. The van der Waals surface area contributed by atoms with Crippen molar-refractivity contribution in [2.24, 2.45) is 0 Å². The maximum atomic E-state index is 12.1. The van der Waals surface area contributed by atoms with E-state index in [4.69, 9.17) is 0 Å². The normalized spacial score (nSPS) is 13.1. The molecule has 2 aromatic rings. The van der Waals surface area contributed by atoms with Gasteiger partial charge in [0, 0.05) is 22.3 Å². The molecule has 2 aromatic carbocycles. The van der Waals surface area contributed by atoms with Crippen LogP contribution in [0, 0.1) is 0 Å². The molecular formula is C44H70N2Pd. The van der Waals surface area contributed by atoms with Crippen molar-refractivity contribution in [2.45, 2.75) is 180 Å². The zero-order valence-electron chi connectivity index (χ0n) is 31.4. The molecule has 1 aliphatic rings. The minimum atomic E-state index is 1.02. The van der Waals surface area contributed by atoms with Crippen LogP contribution in [0.4, 0.5) is 0 Å². The van der Waals surface area contributed by atoms with Crippen LogP contribution >= 0.6 is 0 Å². The molecule has 0 saturated heterocycles. The second-order valence-electron chi connectivity index (χ2n) is 13.2. The number of allylic oxidation sites excluding steroid dienone is 2. The van der Waals surface area contributed by atoms with Crippen LogP contribution in [-0.4, -0.2) is 4.70 Å². The molecule has 0 N–H and O–H groups in total. The molecule has 3 rings (SSSR count). The summed E-state index contributed by atoms with van der Waals surface area (Å²) >= 11 is 1.04. The van der Waals surface area contributed by atoms with E-state index in [1.54, 1.807) is 4.70 Å². The molecule has 0 radical (unpaired) electrons. The number of hydrogen-bond acceptors (Lipinski definition) is 0. The average Bonchev–Trinajstić information content (AvgIpc) is 3.37. The summed E-state index contributed by atoms with van der Waals surface area (Å²) in [6.07, 6.45) is 24.5. The Morgan fingerprint density at radius 1 is 0.468 bits per heavy atom. The van der Waals surface area contributed by atoms with Crippen LogP contribution in [0.5, 0.6) is 0 Å². The van der Waals surface area contributed by atoms with Crippen LogP contribution in [-0.2, 0) is 30.8 Å². The second kappa shape index (κ2) is 26.1.